The molecule has 0 radical (unpaired) electrons. The Kier molecular flexibility index (Phi) is 3.14. The summed E-state index contributed by atoms with van der Waals surface area (Å²) < 4.78 is 0. The van der Waals surface area contributed by atoms with Gasteiger partial charge in [0.05, 0.1) is 0 Å². The van der Waals surface area contributed by atoms with Gasteiger partial charge >= 0.3 is 0 Å². The number of primary amides is 1. The summed E-state index contributed by atoms with van der Waals surface area (Å²) >= 11 is 0. The van der Waals surface area contributed by atoms with Gasteiger partial charge in [-0.3, -0.25) is 15.4 Å². The van der Waals surface area contributed by atoms with Crippen LogP contribution >= 0.6 is 0 Å². The lowest BCUT2D eigenvalue weighted by atomic mass is 10.5. The minimum atomic E-state index is -0.407. The van der Waals surface area contributed by atoms with Crippen LogP contribution in [0.4, 0.5) is 0 Å². The van der Waals surface area contributed by atoms with Crippen LogP contribution in [0.25, 0.3) is 0 Å². The number of carbonyl (C=O) groups excluding carboxylic acids is 1. The van der Waals surface area contributed by atoms with E-state index in [0.717, 1.165) is 0 Å². The molecule has 0 saturated carbocycles. The molecular formula is C4H11N3O. The molecule has 8 heavy (non-hydrogen) atoms. The standard InChI is InChI=1S/C4H11N3O/c1-6-4(7-2)3(5)8/h4,6-7H,1-2H3,(H2,5,8). The van der Waals surface area contributed by atoms with Gasteiger partial charge in [-0.15, -0.1) is 0 Å². The Morgan fingerprint density at radius 1 is 1.50 bits per heavy atom. The van der Waals surface area contributed by atoms with Gasteiger partial charge in [0.15, 0.2) is 0 Å². The SMILES string of the molecule is CNC(NC)C(N)=O. The van der Waals surface area contributed by atoms with Gasteiger partial charge in [-0.2, -0.15) is 0 Å². The van der Waals surface area contributed by atoms with Crippen molar-refractivity contribution in [2.24, 2.45) is 5.73 Å². The average molecular weight is 117 g/mol. The highest BCUT2D eigenvalue weighted by Gasteiger charge is 2.06. The second kappa shape index (κ2) is 3.40. The topological polar surface area (TPSA) is 67.2 Å². The summed E-state index contributed by atoms with van der Waals surface area (Å²) in [7, 11) is 3.32. The molecule has 0 aromatic carbocycles. The lowest BCUT2D eigenvalue weighted by Crippen LogP contribution is -2.48. The Labute approximate surface area is 48.4 Å². The van der Waals surface area contributed by atoms with Gasteiger partial charge in [-0.25, -0.2) is 0 Å². The van der Waals surface area contributed by atoms with E-state index in [0.29, 0.717) is 0 Å². The first-order valence-electron chi connectivity index (χ1n) is 2.36. The summed E-state index contributed by atoms with van der Waals surface area (Å²) in [6, 6.07) is 0. The van der Waals surface area contributed by atoms with E-state index in [4.69, 9.17) is 5.73 Å². The van der Waals surface area contributed by atoms with Gasteiger partial charge in [0.1, 0.15) is 6.17 Å². The molecule has 0 rings (SSSR count). The minimum Gasteiger partial charge on any atom is -0.367 e. The number of hydrogen-bond acceptors (Lipinski definition) is 3. The van der Waals surface area contributed by atoms with Crippen molar-refractivity contribution in [1.82, 2.24) is 10.6 Å². The number of nitrogens with two attached hydrogens (primary N) is 1. The molecule has 0 atom stereocenters. The fourth-order valence-electron chi connectivity index (χ4n) is 0.429. The summed E-state index contributed by atoms with van der Waals surface area (Å²) in [6.07, 6.45) is -0.407. The van der Waals surface area contributed by atoms with Gasteiger partial charge in [-0.1, -0.05) is 0 Å². The van der Waals surface area contributed by atoms with E-state index in [1.54, 1.807) is 14.1 Å². The quantitative estimate of drug-likeness (QED) is 0.383. The van der Waals surface area contributed by atoms with Crippen LogP contribution in [0.15, 0.2) is 0 Å². The molecule has 0 fully saturated rings. The monoisotopic (exact) mass is 117 g/mol. The molecule has 0 heterocycles. The van der Waals surface area contributed by atoms with Crippen molar-refractivity contribution in [3.8, 4) is 0 Å². The van der Waals surface area contributed by atoms with E-state index in [1.807, 2.05) is 0 Å². The van der Waals surface area contributed by atoms with E-state index < -0.39 is 12.1 Å². The smallest absolute Gasteiger partial charge is 0.249 e. The highest BCUT2D eigenvalue weighted by atomic mass is 16.1. The summed E-state index contributed by atoms with van der Waals surface area (Å²) in [6.45, 7) is 0. The van der Waals surface area contributed by atoms with Gasteiger partial charge in [-0.05, 0) is 14.1 Å². The Morgan fingerprint density at radius 2 is 1.88 bits per heavy atom. The summed E-state index contributed by atoms with van der Waals surface area (Å²) in [5.74, 6) is -0.394. The first-order chi connectivity index (χ1) is 3.72. The van der Waals surface area contributed by atoms with E-state index in [9.17, 15) is 4.79 Å². The van der Waals surface area contributed by atoms with Gasteiger partial charge in [0, 0.05) is 0 Å². The third kappa shape index (κ3) is 1.90. The van der Waals surface area contributed by atoms with Crippen molar-refractivity contribution in [2.45, 2.75) is 6.17 Å². The Morgan fingerprint density at radius 3 is 1.88 bits per heavy atom. The van der Waals surface area contributed by atoms with Crippen molar-refractivity contribution in [3.05, 3.63) is 0 Å². The van der Waals surface area contributed by atoms with E-state index in [2.05, 4.69) is 10.6 Å². The van der Waals surface area contributed by atoms with Crippen LogP contribution in [0, 0.1) is 0 Å². The van der Waals surface area contributed by atoms with Crippen LogP contribution in [0.3, 0.4) is 0 Å². The van der Waals surface area contributed by atoms with Crippen molar-refractivity contribution in [3.63, 3.8) is 0 Å². The van der Waals surface area contributed by atoms with Crippen LogP contribution in [0.5, 0.6) is 0 Å². The van der Waals surface area contributed by atoms with E-state index in [-0.39, 0.29) is 0 Å². The number of carbonyl (C=O) groups is 1. The number of hydrogen-bond donors (Lipinski definition) is 3. The zero-order chi connectivity index (χ0) is 6.57. The number of nitrogens with one attached hydrogen (secondary N) is 2. The fourth-order valence-corrected chi connectivity index (χ4v) is 0.429. The van der Waals surface area contributed by atoms with Crippen molar-refractivity contribution in [2.75, 3.05) is 14.1 Å². The molecule has 0 aliphatic carbocycles. The van der Waals surface area contributed by atoms with Gasteiger partial charge in [0.2, 0.25) is 5.91 Å². The zero-order valence-corrected chi connectivity index (χ0v) is 5.06. The second-order valence-electron chi connectivity index (χ2n) is 1.41. The molecule has 0 spiro atoms. The molecule has 4 heteroatoms. The lowest BCUT2D eigenvalue weighted by Gasteiger charge is -2.08. The van der Waals surface area contributed by atoms with Crippen LogP contribution in [-0.4, -0.2) is 26.2 Å². The molecular weight excluding hydrogens is 106 g/mol. The number of rotatable bonds is 3. The van der Waals surface area contributed by atoms with Crippen LogP contribution in [0.1, 0.15) is 0 Å². The molecule has 0 aromatic heterocycles. The summed E-state index contributed by atoms with van der Waals surface area (Å²) in [5, 5.41) is 5.33. The third-order valence-electron chi connectivity index (χ3n) is 0.862. The summed E-state index contributed by atoms with van der Waals surface area (Å²) in [4.78, 5) is 10.3. The molecule has 0 bridgehead atoms. The highest BCUT2D eigenvalue weighted by molar-refractivity contribution is 5.79. The molecule has 0 saturated heterocycles. The Bertz CT molecular complexity index is 79.4. The first-order valence-corrected chi connectivity index (χ1v) is 2.36. The third-order valence-corrected chi connectivity index (χ3v) is 0.862. The summed E-state index contributed by atoms with van der Waals surface area (Å²) in [5.41, 5.74) is 4.89. The normalized spacial score (nSPS) is 9.88. The van der Waals surface area contributed by atoms with Gasteiger partial charge < -0.3 is 5.73 Å². The van der Waals surface area contributed by atoms with E-state index >= 15 is 0 Å². The minimum absolute atomic E-state index is 0.394. The average Bonchev–Trinajstić information content (AvgIpc) is 1.69. The maximum absolute atomic E-state index is 10.3. The largest absolute Gasteiger partial charge is 0.367 e. The van der Waals surface area contributed by atoms with Crippen LogP contribution in [-0.2, 0) is 4.79 Å². The molecule has 0 aliphatic rings. The number of amides is 1. The predicted octanol–water partition coefficient (Wildman–Crippen LogP) is -1.76. The zero-order valence-electron chi connectivity index (χ0n) is 5.06. The van der Waals surface area contributed by atoms with Crippen molar-refractivity contribution < 1.29 is 4.79 Å². The number of likely N-dealkylation sites (N-methyl/N-ethyl adjacent to an activating group) is 2. The molecule has 4 nitrogen and oxygen atoms in total. The molecule has 4 N–H and O–H groups in total. The van der Waals surface area contributed by atoms with Crippen LogP contribution in [0.2, 0.25) is 0 Å². The lowest BCUT2D eigenvalue weighted by molar-refractivity contribution is -0.120. The van der Waals surface area contributed by atoms with Crippen molar-refractivity contribution >= 4 is 5.91 Å². The molecule has 0 aromatic rings. The Hall–Kier alpha value is -0.610. The van der Waals surface area contributed by atoms with Crippen molar-refractivity contribution in [1.29, 1.82) is 0 Å². The maximum atomic E-state index is 10.3. The molecule has 0 aliphatic heterocycles. The maximum Gasteiger partial charge on any atom is 0.249 e. The fraction of sp³-hybridized carbons (Fsp3) is 0.750. The van der Waals surface area contributed by atoms with E-state index in [1.165, 1.54) is 0 Å². The highest BCUT2D eigenvalue weighted by Crippen LogP contribution is 1.66. The molecule has 48 valence electrons. The molecule has 1 amide bonds. The predicted molar refractivity (Wildman–Crippen MR) is 31.1 cm³/mol. The first kappa shape index (κ1) is 7.39. The molecule has 0 unspecified atom stereocenters. The van der Waals surface area contributed by atoms with Crippen LogP contribution < -0.4 is 16.4 Å². The Balaban J connectivity index is 3.52. The van der Waals surface area contributed by atoms with Gasteiger partial charge in [0.25, 0.3) is 0 Å². The second-order valence-corrected chi connectivity index (χ2v) is 1.41.